The van der Waals surface area contributed by atoms with Gasteiger partial charge in [-0.15, -0.1) is 0 Å². The maximum absolute atomic E-state index is 10.5. The molecule has 1 fully saturated rings. The summed E-state index contributed by atoms with van der Waals surface area (Å²) in [6.07, 6.45) is 4.02. The van der Waals surface area contributed by atoms with Gasteiger partial charge in [-0.3, -0.25) is 4.79 Å². The zero-order valence-electron chi connectivity index (χ0n) is 8.01. The standard InChI is InChI=1S/C9H19N3O/c10-9(13)4-7-12-8-2-1-5-11-6-3-8/h8,11-12H,1-7H2,(H2,10,13). The first kappa shape index (κ1) is 10.5. The molecule has 0 radical (unpaired) electrons. The van der Waals surface area contributed by atoms with E-state index in [2.05, 4.69) is 10.6 Å². The van der Waals surface area contributed by atoms with E-state index in [4.69, 9.17) is 5.73 Å². The Kier molecular flexibility index (Phi) is 4.78. The Balaban J connectivity index is 2.08. The van der Waals surface area contributed by atoms with Crippen LogP contribution in [0.15, 0.2) is 0 Å². The van der Waals surface area contributed by atoms with Gasteiger partial charge in [0, 0.05) is 19.0 Å². The summed E-state index contributed by atoms with van der Waals surface area (Å²) in [6, 6.07) is 0.564. The normalized spacial score (nSPS) is 23.8. The minimum absolute atomic E-state index is 0.223. The van der Waals surface area contributed by atoms with Gasteiger partial charge in [-0.25, -0.2) is 0 Å². The fourth-order valence-corrected chi connectivity index (χ4v) is 1.62. The summed E-state index contributed by atoms with van der Waals surface area (Å²) in [5.74, 6) is -0.223. The lowest BCUT2D eigenvalue weighted by Gasteiger charge is -2.14. The molecule has 4 heteroatoms. The predicted molar refractivity (Wildman–Crippen MR) is 52.3 cm³/mol. The molecule has 13 heavy (non-hydrogen) atoms. The lowest BCUT2D eigenvalue weighted by atomic mass is 10.1. The second-order valence-corrected chi connectivity index (χ2v) is 3.55. The van der Waals surface area contributed by atoms with Gasteiger partial charge in [-0.1, -0.05) is 0 Å². The van der Waals surface area contributed by atoms with Crippen LogP contribution < -0.4 is 16.4 Å². The van der Waals surface area contributed by atoms with E-state index in [9.17, 15) is 4.79 Å². The largest absolute Gasteiger partial charge is 0.370 e. The molecule has 0 spiro atoms. The Morgan fingerprint density at radius 2 is 2.31 bits per heavy atom. The van der Waals surface area contributed by atoms with Crippen LogP contribution in [-0.4, -0.2) is 31.6 Å². The molecule has 0 aromatic rings. The van der Waals surface area contributed by atoms with Crippen molar-refractivity contribution in [3.63, 3.8) is 0 Å². The number of hydrogen-bond acceptors (Lipinski definition) is 3. The molecule has 1 rings (SSSR count). The Morgan fingerprint density at radius 3 is 3.08 bits per heavy atom. The van der Waals surface area contributed by atoms with Crippen LogP contribution in [0, 0.1) is 0 Å². The fourth-order valence-electron chi connectivity index (χ4n) is 1.62. The summed E-state index contributed by atoms with van der Waals surface area (Å²) >= 11 is 0. The van der Waals surface area contributed by atoms with Crippen molar-refractivity contribution in [1.82, 2.24) is 10.6 Å². The van der Waals surface area contributed by atoms with E-state index in [1.165, 1.54) is 12.8 Å². The van der Waals surface area contributed by atoms with Gasteiger partial charge >= 0.3 is 0 Å². The predicted octanol–water partition coefficient (Wildman–Crippen LogP) is -0.407. The van der Waals surface area contributed by atoms with Crippen molar-refractivity contribution in [2.75, 3.05) is 19.6 Å². The van der Waals surface area contributed by atoms with Gasteiger partial charge in [0.1, 0.15) is 0 Å². The quantitative estimate of drug-likeness (QED) is 0.558. The lowest BCUT2D eigenvalue weighted by molar-refractivity contribution is -0.117. The molecule has 1 saturated heterocycles. The van der Waals surface area contributed by atoms with Crippen molar-refractivity contribution < 1.29 is 4.79 Å². The van der Waals surface area contributed by atoms with E-state index in [1.54, 1.807) is 0 Å². The van der Waals surface area contributed by atoms with E-state index in [0.717, 1.165) is 26.1 Å². The van der Waals surface area contributed by atoms with Gasteiger partial charge in [0.2, 0.25) is 5.91 Å². The van der Waals surface area contributed by atoms with Gasteiger partial charge in [0.25, 0.3) is 0 Å². The third-order valence-corrected chi connectivity index (χ3v) is 2.38. The van der Waals surface area contributed by atoms with Gasteiger partial charge in [0.15, 0.2) is 0 Å². The first-order chi connectivity index (χ1) is 6.29. The number of nitrogens with two attached hydrogens (primary N) is 1. The van der Waals surface area contributed by atoms with Crippen molar-refractivity contribution in [3.8, 4) is 0 Å². The number of carbonyl (C=O) groups excluding carboxylic acids is 1. The molecule has 1 aliphatic heterocycles. The first-order valence-electron chi connectivity index (χ1n) is 5.01. The van der Waals surface area contributed by atoms with E-state index >= 15 is 0 Å². The Bertz CT molecular complexity index is 153. The van der Waals surface area contributed by atoms with Crippen LogP contribution in [0.3, 0.4) is 0 Å². The Labute approximate surface area is 79.3 Å². The first-order valence-corrected chi connectivity index (χ1v) is 5.01. The van der Waals surface area contributed by atoms with Gasteiger partial charge in [-0.2, -0.15) is 0 Å². The average Bonchev–Trinajstić information content (AvgIpc) is 2.32. The Morgan fingerprint density at radius 1 is 1.46 bits per heavy atom. The molecule has 0 aliphatic carbocycles. The Hall–Kier alpha value is -0.610. The summed E-state index contributed by atoms with van der Waals surface area (Å²) in [4.78, 5) is 10.5. The van der Waals surface area contributed by atoms with E-state index < -0.39 is 0 Å². The summed E-state index contributed by atoms with van der Waals surface area (Å²) in [5, 5.41) is 6.70. The second kappa shape index (κ2) is 5.94. The van der Waals surface area contributed by atoms with E-state index in [1.807, 2.05) is 0 Å². The van der Waals surface area contributed by atoms with Crippen LogP contribution in [0.1, 0.15) is 25.7 Å². The molecule has 4 nitrogen and oxygen atoms in total. The molecular formula is C9H19N3O. The van der Waals surface area contributed by atoms with E-state index in [-0.39, 0.29) is 5.91 Å². The molecule has 1 aliphatic rings. The summed E-state index contributed by atoms with van der Waals surface area (Å²) in [7, 11) is 0. The highest BCUT2D eigenvalue weighted by Crippen LogP contribution is 2.04. The average molecular weight is 185 g/mol. The highest BCUT2D eigenvalue weighted by molar-refractivity contribution is 5.73. The van der Waals surface area contributed by atoms with Crippen LogP contribution >= 0.6 is 0 Å². The summed E-state index contributed by atoms with van der Waals surface area (Å²) in [5.41, 5.74) is 5.05. The summed E-state index contributed by atoms with van der Waals surface area (Å²) in [6.45, 7) is 2.92. The molecular weight excluding hydrogens is 166 g/mol. The second-order valence-electron chi connectivity index (χ2n) is 3.55. The molecule has 1 unspecified atom stereocenters. The van der Waals surface area contributed by atoms with Crippen LogP contribution in [0.4, 0.5) is 0 Å². The fraction of sp³-hybridized carbons (Fsp3) is 0.889. The smallest absolute Gasteiger partial charge is 0.218 e. The van der Waals surface area contributed by atoms with Crippen molar-refractivity contribution >= 4 is 5.91 Å². The molecule has 1 heterocycles. The minimum Gasteiger partial charge on any atom is -0.370 e. The molecule has 1 atom stereocenters. The number of amides is 1. The topological polar surface area (TPSA) is 67.2 Å². The van der Waals surface area contributed by atoms with Gasteiger partial charge in [-0.05, 0) is 32.4 Å². The van der Waals surface area contributed by atoms with Crippen LogP contribution in [0.5, 0.6) is 0 Å². The SMILES string of the molecule is NC(=O)CCNC1CCCNCC1. The van der Waals surface area contributed by atoms with Gasteiger partial charge < -0.3 is 16.4 Å². The number of nitrogens with one attached hydrogen (secondary N) is 2. The zero-order chi connectivity index (χ0) is 9.52. The highest BCUT2D eigenvalue weighted by atomic mass is 16.1. The van der Waals surface area contributed by atoms with Crippen LogP contribution in [0.25, 0.3) is 0 Å². The maximum Gasteiger partial charge on any atom is 0.218 e. The number of primary amides is 1. The third kappa shape index (κ3) is 4.85. The third-order valence-electron chi connectivity index (χ3n) is 2.38. The van der Waals surface area contributed by atoms with Gasteiger partial charge in [0.05, 0.1) is 0 Å². The number of carbonyl (C=O) groups is 1. The molecule has 0 bridgehead atoms. The van der Waals surface area contributed by atoms with E-state index in [0.29, 0.717) is 12.5 Å². The number of rotatable bonds is 4. The molecule has 76 valence electrons. The van der Waals surface area contributed by atoms with Crippen molar-refractivity contribution in [2.24, 2.45) is 5.73 Å². The summed E-state index contributed by atoms with van der Waals surface area (Å²) < 4.78 is 0. The minimum atomic E-state index is -0.223. The molecule has 0 aromatic heterocycles. The maximum atomic E-state index is 10.5. The monoisotopic (exact) mass is 185 g/mol. The van der Waals surface area contributed by atoms with Crippen molar-refractivity contribution in [1.29, 1.82) is 0 Å². The zero-order valence-corrected chi connectivity index (χ0v) is 8.01. The highest BCUT2D eigenvalue weighted by Gasteiger charge is 2.10. The van der Waals surface area contributed by atoms with Crippen LogP contribution in [0.2, 0.25) is 0 Å². The molecule has 0 aromatic carbocycles. The number of hydrogen-bond donors (Lipinski definition) is 3. The molecule has 4 N–H and O–H groups in total. The molecule has 0 saturated carbocycles. The lowest BCUT2D eigenvalue weighted by Crippen LogP contribution is -2.32. The van der Waals surface area contributed by atoms with Crippen molar-refractivity contribution in [3.05, 3.63) is 0 Å². The van der Waals surface area contributed by atoms with Crippen LogP contribution in [-0.2, 0) is 4.79 Å². The van der Waals surface area contributed by atoms with Crippen molar-refractivity contribution in [2.45, 2.75) is 31.7 Å². The molecule has 1 amide bonds.